The zero-order valence-corrected chi connectivity index (χ0v) is 24.2. The number of carbonyl (C=O) groups is 1. The van der Waals surface area contributed by atoms with Crippen molar-refractivity contribution in [1.29, 1.82) is 0 Å². The SMILES string of the molecule is CC[C@@H](C)NC(=O)CSc1nnc(-c2cc(OC)c(OC)c(OC)c2)c(-c2cc(OC)c(OC)c(OC)c2)n1. The highest BCUT2D eigenvalue weighted by Crippen LogP contribution is 2.45. The average molecular weight is 559 g/mol. The molecule has 39 heavy (non-hydrogen) atoms. The van der Waals surface area contributed by atoms with Crippen LogP contribution in [0.15, 0.2) is 29.4 Å². The van der Waals surface area contributed by atoms with E-state index in [4.69, 9.17) is 33.4 Å². The smallest absolute Gasteiger partial charge is 0.230 e. The fourth-order valence-corrected chi connectivity index (χ4v) is 4.35. The zero-order valence-electron chi connectivity index (χ0n) is 23.4. The minimum atomic E-state index is -0.110. The maximum atomic E-state index is 12.4. The average Bonchev–Trinajstić information content (AvgIpc) is 2.97. The maximum absolute atomic E-state index is 12.4. The van der Waals surface area contributed by atoms with E-state index in [1.54, 1.807) is 24.3 Å². The highest BCUT2D eigenvalue weighted by molar-refractivity contribution is 7.99. The highest BCUT2D eigenvalue weighted by atomic mass is 32.2. The van der Waals surface area contributed by atoms with Gasteiger partial charge in [0.05, 0.1) is 48.4 Å². The maximum Gasteiger partial charge on any atom is 0.230 e. The number of hydrogen-bond acceptors (Lipinski definition) is 11. The Bertz CT molecular complexity index is 1260. The lowest BCUT2D eigenvalue weighted by Crippen LogP contribution is -2.33. The summed E-state index contributed by atoms with van der Waals surface area (Å²) in [6.45, 7) is 3.96. The van der Waals surface area contributed by atoms with Crippen molar-refractivity contribution < 1.29 is 33.2 Å². The lowest BCUT2D eigenvalue weighted by molar-refractivity contribution is -0.119. The predicted octanol–water partition coefficient (Wildman–Crippen LogP) is 4.26. The molecule has 11 nitrogen and oxygen atoms in total. The number of rotatable bonds is 13. The molecule has 0 unspecified atom stereocenters. The molecule has 1 aromatic heterocycles. The van der Waals surface area contributed by atoms with Gasteiger partial charge >= 0.3 is 0 Å². The van der Waals surface area contributed by atoms with Gasteiger partial charge in [-0.15, -0.1) is 10.2 Å². The normalized spacial score (nSPS) is 11.4. The monoisotopic (exact) mass is 558 g/mol. The minimum Gasteiger partial charge on any atom is -0.493 e. The van der Waals surface area contributed by atoms with Gasteiger partial charge in [0, 0.05) is 17.2 Å². The molecular formula is C27H34N4O7S. The standard InChI is InChI=1S/C27H34N4O7S/c1-9-15(2)28-22(32)14-39-27-29-23(16-10-18(33-3)25(37-7)19(11-16)34-4)24(30-31-27)17-12-20(35-5)26(38-8)21(13-17)36-6/h10-13,15H,9,14H2,1-8H3,(H,28,32)/t15-/m1/s1. The van der Waals surface area contributed by atoms with E-state index in [1.807, 2.05) is 13.8 Å². The third kappa shape index (κ3) is 6.75. The first-order valence-electron chi connectivity index (χ1n) is 12.1. The summed E-state index contributed by atoms with van der Waals surface area (Å²) in [7, 11) is 9.22. The van der Waals surface area contributed by atoms with E-state index < -0.39 is 0 Å². The van der Waals surface area contributed by atoms with Crippen LogP contribution in [0.3, 0.4) is 0 Å². The van der Waals surface area contributed by atoms with E-state index in [9.17, 15) is 4.79 Å². The Morgan fingerprint density at radius 1 is 0.769 bits per heavy atom. The third-order valence-electron chi connectivity index (χ3n) is 5.90. The van der Waals surface area contributed by atoms with Crippen molar-refractivity contribution in [2.45, 2.75) is 31.5 Å². The fraction of sp³-hybridized carbons (Fsp3) is 0.407. The zero-order chi connectivity index (χ0) is 28.5. The van der Waals surface area contributed by atoms with Gasteiger partial charge < -0.3 is 33.7 Å². The van der Waals surface area contributed by atoms with Crippen LogP contribution < -0.4 is 33.7 Å². The first-order valence-corrected chi connectivity index (χ1v) is 13.1. The largest absolute Gasteiger partial charge is 0.493 e. The van der Waals surface area contributed by atoms with E-state index in [2.05, 4.69) is 15.5 Å². The minimum absolute atomic E-state index is 0.0781. The molecule has 1 heterocycles. The molecule has 0 saturated heterocycles. The van der Waals surface area contributed by atoms with Crippen LogP contribution in [0, 0.1) is 0 Å². The van der Waals surface area contributed by atoms with E-state index >= 15 is 0 Å². The molecule has 0 radical (unpaired) electrons. The molecule has 12 heteroatoms. The van der Waals surface area contributed by atoms with Crippen molar-refractivity contribution in [3.8, 4) is 57.0 Å². The van der Waals surface area contributed by atoms with Crippen molar-refractivity contribution >= 4 is 17.7 Å². The number of nitrogens with zero attached hydrogens (tertiary/aromatic N) is 3. The van der Waals surface area contributed by atoms with Crippen LogP contribution >= 0.6 is 11.8 Å². The molecule has 1 amide bonds. The van der Waals surface area contributed by atoms with Crippen molar-refractivity contribution in [1.82, 2.24) is 20.5 Å². The Kier molecular flexibility index (Phi) is 10.4. The van der Waals surface area contributed by atoms with Crippen molar-refractivity contribution in [2.24, 2.45) is 0 Å². The number of nitrogens with one attached hydrogen (secondary N) is 1. The van der Waals surface area contributed by atoms with Crippen LogP contribution in [-0.4, -0.2) is 75.5 Å². The number of benzene rings is 2. The summed E-state index contributed by atoms with van der Waals surface area (Å²) in [5.74, 6) is 2.71. The molecule has 1 N–H and O–H groups in total. The number of carbonyl (C=O) groups excluding carboxylic acids is 1. The van der Waals surface area contributed by atoms with Crippen LogP contribution in [0.5, 0.6) is 34.5 Å². The Hall–Kier alpha value is -3.93. The number of methoxy groups -OCH3 is 6. The van der Waals surface area contributed by atoms with Crippen molar-refractivity contribution in [3.05, 3.63) is 24.3 Å². The lowest BCUT2D eigenvalue weighted by Gasteiger charge is -2.17. The molecule has 0 aliphatic rings. The van der Waals surface area contributed by atoms with Gasteiger partial charge in [-0.3, -0.25) is 4.79 Å². The summed E-state index contributed by atoms with van der Waals surface area (Å²) in [4.78, 5) is 17.2. The quantitative estimate of drug-likeness (QED) is 0.303. The fourth-order valence-electron chi connectivity index (χ4n) is 3.75. The summed E-state index contributed by atoms with van der Waals surface area (Å²) in [6.07, 6.45) is 0.837. The molecule has 210 valence electrons. The molecule has 2 aromatic carbocycles. The molecular weight excluding hydrogens is 524 g/mol. The Balaban J connectivity index is 2.19. The van der Waals surface area contributed by atoms with Gasteiger partial charge in [0.2, 0.25) is 22.6 Å². The van der Waals surface area contributed by atoms with Crippen LogP contribution in [0.25, 0.3) is 22.5 Å². The summed E-state index contributed by atoms with van der Waals surface area (Å²) in [5, 5.41) is 12.1. The molecule has 0 fully saturated rings. The second-order valence-corrected chi connectivity index (χ2v) is 9.23. The van der Waals surface area contributed by atoms with Gasteiger partial charge in [0.15, 0.2) is 23.0 Å². The Morgan fingerprint density at radius 2 is 1.23 bits per heavy atom. The molecule has 0 bridgehead atoms. The molecule has 0 aliphatic carbocycles. The molecule has 0 aliphatic heterocycles. The number of aromatic nitrogens is 3. The summed E-state index contributed by atoms with van der Waals surface area (Å²) >= 11 is 1.19. The number of ether oxygens (including phenoxy) is 6. The number of amides is 1. The first-order chi connectivity index (χ1) is 18.8. The molecule has 3 aromatic rings. The Labute approximate surface area is 232 Å². The lowest BCUT2D eigenvalue weighted by atomic mass is 10.0. The molecule has 3 rings (SSSR count). The van der Waals surface area contributed by atoms with Gasteiger partial charge in [0.1, 0.15) is 11.4 Å². The van der Waals surface area contributed by atoms with E-state index in [-0.39, 0.29) is 17.7 Å². The van der Waals surface area contributed by atoms with E-state index in [0.29, 0.717) is 62.2 Å². The summed E-state index contributed by atoms with van der Waals surface area (Å²) < 4.78 is 33.2. The summed E-state index contributed by atoms with van der Waals surface area (Å²) in [5.41, 5.74) is 2.17. The second kappa shape index (κ2) is 13.7. The first kappa shape index (κ1) is 29.6. The van der Waals surface area contributed by atoms with Crippen LogP contribution in [0.1, 0.15) is 20.3 Å². The van der Waals surface area contributed by atoms with Crippen LogP contribution in [0.4, 0.5) is 0 Å². The van der Waals surface area contributed by atoms with Gasteiger partial charge in [-0.1, -0.05) is 18.7 Å². The van der Waals surface area contributed by atoms with Crippen molar-refractivity contribution in [3.63, 3.8) is 0 Å². The topological polar surface area (TPSA) is 123 Å². The number of hydrogen-bond donors (Lipinski definition) is 1. The molecule has 1 atom stereocenters. The van der Waals surface area contributed by atoms with Crippen LogP contribution in [-0.2, 0) is 4.79 Å². The van der Waals surface area contributed by atoms with E-state index in [0.717, 1.165) is 6.42 Å². The van der Waals surface area contributed by atoms with Crippen LogP contribution in [0.2, 0.25) is 0 Å². The van der Waals surface area contributed by atoms with Gasteiger partial charge in [-0.25, -0.2) is 4.98 Å². The summed E-state index contributed by atoms with van der Waals surface area (Å²) in [6, 6.07) is 7.16. The van der Waals surface area contributed by atoms with Gasteiger partial charge in [-0.05, 0) is 37.6 Å². The van der Waals surface area contributed by atoms with Crippen molar-refractivity contribution in [2.75, 3.05) is 48.4 Å². The van der Waals surface area contributed by atoms with Gasteiger partial charge in [0.25, 0.3) is 0 Å². The third-order valence-corrected chi connectivity index (χ3v) is 6.73. The Morgan fingerprint density at radius 3 is 1.64 bits per heavy atom. The highest BCUT2D eigenvalue weighted by Gasteiger charge is 2.22. The molecule has 0 spiro atoms. The van der Waals surface area contributed by atoms with E-state index in [1.165, 1.54) is 54.4 Å². The predicted molar refractivity (Wildman–Crippen MR) is 149 cm³/mol. The molecule has 0 saturated carbocycles. The number of thioether (sulfide) groups is 1. The van der Waals surface area contributed by atoms with Gasteiger partial charge in [-0.2, -0.15) is 0 Å². The second-order valence-electron chi connectivity index (χ2n) is 8.29.